The van der Waals surface area contributed by atoms with Crippen LogP contribution < -0.4 is 14.8 Å². The Labute approximate surface area is 146 Å². The SMILES string of the molecule is Cc1cccc(OCC(=O)Nc2cccnc2Oc2ccccc2)c1. The number of carbonyl (C=O) groups is 1. The van der Waals surface area contributed by atoms with Crippen molar-refractivity contribution in [3.8, 4) is 17.4 Å². The van der Waals surface area contributed by atoms with E-state index in [1.54, 1.807) is 18.3 Å². The highest BCUT2D eigenvalue weighted by Gasteiger charge is 2.10. The lowest BCUT2D eigenvalue weighted by Gasteiger charge is -2.11. The molecule has 0 aliphatic heterocycles. The lowest BCUT2D eigenvalue weighted by Crippen LogP contribution is -2.20. The zero-order chi connectivity index (χ0) is 17.5. The van der Waals surface area contributed by atoms with Gasteiger partial charge >= 0.3 is 0 Å². The van der Waals surface area contributed by atoms with Gasteiger partial charge in [0.2, 0.25) is 5.88 Å². The minimum absolute atomic E-state index is 0.0941. The Bertz CT molecular complexity index is 850. The molecular formula is C20H18N2O3. The van der Waals surface area contributed by atoms with E-state index in [4.69, 9.17) is 9.47 Å². The van der Waals surface area contributed by atoms with Crippen LogP contribution in [0.15, 0.2) is 72.9 Å². The number of carbonyl (C=O) groups excluding carboxylic acids is 1. The van der Waals surface area contributed by atoms with Gasteiger partial charge in [0.25, 0.3) is 5.91 Å². The molecule has 1 aromatic heterocycles. The molecule has 1 amide bonds. The van der Waals surface area contributed by atoms with Gasteiger partial charge in [-0.05, 0) is 48.9 Å². The molecule has 5 nitrogen and oxygen atoms in total. The molecule has 2 aromatic carbocycles. The van der Waals surface area contributed by atoms with Crippen molar-refractivity contribution in [2.75, 3.05) is 11.9 Å². The van der Waals surface area contributed by atoms with Crippen molar-refractivity contribution in [1.29, 1.82) is 0 Å². The van der Waals surface area contributed by atoms with Gasteiger partial charge < -0.3 is 14.8 Å². The number of pyridine rings is 1. The molecule has 126 valence electrons. The maximum atomic E-state index is 12.2. The number of amides is 1. The molecule has 1 N–H and O–H groups in total. The van der Waals surface area contributed by atoms with Crippen LogP contribution in [0.25, 0.3) is 0 Å². The lowest BCUT2D eigenvalue weighted by molar-refractivity contribution is -0.118. The molecule has 0 fully saturated rings. The van der Waals surface area contributed by atoms with Crippen LogP contribution in [0.4, 0.5) is 5.69 Å². The first-order valence-corrected chi connectivity index (χ1v) is 7.88. The fourth-order valence-corrected chi connectivity index (χ4v) is 2.21. The molecule has 0 radical (unpaired) electrons. The number of nitrogens with zero attached hydrogens (tertiary/aromatic N) is 1. The number of aryl methyl sites for hydroxylation is 1. The van der Waals surface area contributed by atoms with Gasteiger partial charge in [-0.2, -0.15) is 0 Å². The van der Waals surface area contributed by atoms with Gasteiger partial charge in [0.1, 0.15) is 17.2 Å². The average molecular weight is 334 g/mol. The second kappa shape index (κ2) is 7.97. The van der Waals surface area contributed by atoms with E-state index in [1.165, 1.54) is 0 Å². The summed E-state index contributed by atoms with van der Waals surface area (Å²) in [5.41, 5.74) is 1.56. The van der Waals surface area contributed by atoms with E-state index >= 15 is 0 Å². The van der Waals surface area contributed by atoms with Crippen LogP contribution in [0.1, 0.15) is 5.56 Å². The third-order valence-corrected chi connectivity index (χ3v) is 3.36. The molecule has 25 heavy (non-hydrogen) atoms. The second-order valence-electron chi connectivity index (χ2n) is 5.42. The number of anilines is 1. The zero-order valence-electron chi connectivity index (χ0n) is 13.8. The Hall–Kier alpha value is -3.34. The monoisotopic (exact) mass is 334 g/mol. The third kappa shape index (κ3) is 4.81. The van der Waals surface area contributed by atoms with Gasteiger partial charge in [-0.15, -0.1) is 0 Å². The van der Waals surface area contributed by atoms with Gasteiger partial charge in [-0.1, -0.05) is 30.3 Å². The summed E-state index contributed by atoms with van der Waals surface area (Å²) in [6.45, 7) is 1.87. The van der Waals surface area contributed by atoms with Crippen LogP contribution in [0.3, 0.4) is 0 Å². The molecule has 1 heterocycles. The molecule has 0 saturated carbocycles. The molecular weight excluding hydrogens is 316 g/mol. The summed E-state index contributed by atoms with van der Waals surface area (Å²) in [5.74, 6) is 1.35. The Morgan fingerprint density at radius 1 is 1.00 bits per heavy atom. The average Bonchev–Trinajstić information content (AvgIpc) is 2.63. The van der Waals surface area contributed by atoms with Crippen LogP contribution in [-0.2, 0) is 4.79 Å². The lowest BCUT2D eigenvalue weighted by atomic mass is 10.2. The first-order chi connectivity index (χ1) is 12.2. The van der Waals surface area contributed by atoms with Crippen molar-refractivity contribution in [2.24, 2.45) is 0 Å². The number of hydrogen-bond donors (Lipinski definition) is 1. The largest absolute Gasteiger partial charge is 0.484 e. The van der Waals surface area contributed by atoms with E-state index < -0.39 is 0 Å². The molecule has 0 atom stereocenters. The van der Waals surface area contributed by atoms with E-state index in [-0.39, 0.29) is 12.5 Å². The summed E-state index contributed by atoms with van der Waals surface area (Å²) < 4.78 is 11.2. The molecule has 0 aliphatic rings. The standard InChI is InChI=1S/C20H18N2O3/c1-15-7-5-10-17(13-15)24-14-19(23)22-18-11-6-12-21-20(18)25-16-8-3-2-4-9-16/h2-13H,14H2,1H3,(H,22,23). The fraction of sp³-hybridized carbons (Fsp3) is 0.100. The zero-order valence-corrected chi connectivity index (χ0v) is 13.8. The predicted octanol–water partition coefficient (Wildman–Crippen LogP) is 4.20. The first-order valence-electron chi connectivity index (χ1n) is 7.88. The number of nitrogens with one attached hydrogen (secondary N) is 1. The van der Waals surface area contributed by atoms with E-state index in [1.807, 2.05) is 61.5 Å². The minimum atomic E-state index is -0.285. The van der Waals surface area contributed by atoms with E-state index in [0.29, 0.717) is 23.1 Å². The number of para-hydroxylation sites is 1. The highest BCUT2D eigenvalue weighted by atomic mass is 16.5. The van der Waals surface area contributed by atoms with Crippen molar-refractivity contribution < 1.29 is 14.3 Å². The van der Waals surface area contributed by atoms with Crippen molar-refractivity contribution >= 4 is 11.6 Å². The topological polar surface area (TPSA) is 60.5 Å². The van der Waals surface area contributed by atoms with Crippen LogP contribution in [0.2, 0.25) is 0 Å². The quantitative estimate of drug-likeness (QED) is 0.734. The van der Waals surface area contributed by atoms with Crippen molar-refractivity contribution in [2.45, 2.75) is 6.92 Å². The summed E-state index contributed by atoms with van der Waals surface area (Å²) >= 11 is 0. The number of rotatable bonds is 6. The molecule has 3 aromatic rings. The smallest absolute Gasteiger partial charge is 0.262 e. The normalized spacial score (nSPS) is 10.1. The van der Waals surface area contributed by atoms with Gasteiger partial charge in [0, 0.05) is 6.20 Å². The Morgan fingerprint density at radius 2 is 1.80 bits per heavy atom. The van der Waals surface area contributed by atoms with Crippen LogP contribution in [-0.4, -0.2) is 17.5 Å². The Kier molecular flexibility index (Phi) is 5.26. The highest BCUT2D eigenvalue weighted by Crippen LogP contribution is 2.26. The highest BCUT2D eigenvalue weighted by molar-refractivity contribution is 5.93. The molecule has 0 saturated heterocycles. The van der Waals surface area contributed by atoms with Crippen LogP contribution in [0, 0.1) is 6.92 Å². The predicted molar refractivity (Wildman–Crippen MR) is 96.1 cm³/mol. The molecule has 0 unspecified atom stereocenters. The number of ether oxygens (including phenoxy) is 2. The van der Waals surface area contributed by atoms with E-state index in [9.17, 15) is 4.79 Å². The van der Waals surface area contributed by atoms with E-state index in [2.05, 4.69) is 10.3 Å². The van der Waals surface area contributed by atoms with Gasteiger partial charge in [-0.25, -0.2) is 4.98 Å². The number of aromatic nitrogens is 1. The maximum absolute atomic E-state index is 12.2. The first kappa shape index (κ1) is 16.5. The number of hydrogen-bond acceptors (Lipinski definition) is 4. The van der Waals surface area contributed by atoms with Crippen molar-refractivity contribution in [3.05, 3.63) is 78.5 Å². The van der Waals surface area contributed by atoms with Crippen molar-refractivity contribution in [3.63, 3.8) is 0 Å². The molecule has 5 heteroatoms. The van der Waals surface area contributed by atoms with E-state index in [0.717, 1.165) is 5.56 Å². The molecule has 0 aliphatic carbocycles. The minimum Gasteiger partial charge on any atom is -0.484 e. The number of benzene rings is 2. The second-order valence-corrected chi connectivity index (χ2v) is 5.42. The third-order valence-electron chi connectivity index (χ3n) is 3.36. The van der Waals surface area contributed by atoms with Gasteiger partial charge in [0.15, 0.2) is 6.61 Å². The summed E-state index contributed by atoms with van der Waals surface area (Å²) in [5, 5.41) is 2.76. The Balaban J connectivity index is 1.63. The van der Waals surface area contributed by atoms with Crippen molar-refractivity contribution in [1.82, 2.24) is 4.98 Å². The summed E-state index contributed by atoms with van der Waals surface area (Å²) in [4.78, 5) is 16.3. The molecule has 0 bridgehead atoms. The van der Waals surface area contributed by atoms with Gasteiger partial charge in [0.05, 0.1) is 0 Å². The Morgan fingerprint density at radius 3 is 2.60 bits per heavy atom. The van der Waals surface area contributed by atoms with Crippen LogP contribution >= 0.6 is 0 Å². The summed E-state index contributed by atoms with van der Waals surface area (Å²) in [6, 6.07) is 20.3. The maximum Gasteiger partial charge on any atom is 0.262 e. The molecule has 0 spiro atoms. The summed E-state index contributed by atoms with van der Waals surface area (Å²) in [7, 11) is 0. The van der Waals surface area contributed by atoms with Gasteiger partial charge in [-0.3, -0.25) is 4.79 Å². The van der Waals surface area contributed by atoms with Crippen LogP contribution in [0.5, 0.6) is 17.4 Å². The fourth-order valence-electron chi connectivity index (χ4n) is 2.21. The summed E-state index contributed by atoms with van der Waals surface area (Å²) in [6.07, 6.45) is 1.61. The molecule has 3 rings (SSSR count).